The molecule has 134 valence electrons. The molecular formula is C22H25N3O. The Kier molecular flexibility index (Phi) is 4.41. The van der Waals surface area contributed by atoms with E-state index in [0.29, 0.717) is 0 Å². The van der Waals surface area contributed by atoms with E-state index in [-0.39, 0.29) is 5.88 Å². The fourth-order valence-electron chi connectivity index (χ4n) is 4.04. The zero-order chi connectivity index (χ0) is 18.1. The van der Waals surface area contributed by atoms with Gasteiger partial charge in [0.15, 0.2) is 5.88 Å². The molecule has 2 N–H and O–H groups in total. The number of hydrogen-bond acceptors (Lipinski definition) is 3. The lowest BCUT2D eigenvalue weighted by Gasteiger charge is -2.36. The Morgan fingerprint density at radius 3 is 2.46 bits per heavy atom. The van der Waals surface area contributed by atoms with E-state index < -0.39 is 0 Å². The Balaban J connectivity index is 1.54. The molecule has 4 nitrogen and oxygen atoms in total. The highest BCUT2D eigenvalue weighted by Gasteiger charge is 2.21. The van der Waals surface area contributed by atoms with Crippen molar-refractivity contribution >= 4 is 28.5 Å². The van der Waals surface area contributed by atoms with Crippen LogP contribution in [0.3, 0.4) is 0 Å². The van der Waals surface area contributed by atoms with Crippen molar-refractivity contribution in [1.29, 1.82) is 0 Å². The maximum absolute atomic E-state index is 10.1. The molecule has 0 saturated carbocycles. The van der Waals surface area contributed by atoms with Crippen LogP contribution in [0.25, 0.3) is 10.9 Å². The Bertz CT molecular complexity index is 916. The molecule has 1 aliphatic heterocycles. The summed E-state index contributed by atoms with van der Waals surface area (Å²) in [4.78, 5) is 10.0. The molecule has 3 aromatic rings. The molecule has 1 fully saturated rings. The molecular weight excluding hydrogens is 322 g/mol. The molecule has 0 amide bonds. The van der Waals surface area contributed by atoms with Gasteiger partial charge < -0.3 is 15.0 Å². The number of anilines is 1. The van der Waals surface area contributed by atoms with Gasteiger partial charge in [0, 0.05) is 35.9 Å². The minimum atomic E-state index is 0.155. The predicted octanol–water partition coefficient (Wildman–Crippen LogP) is 5.11. The topological polar surface area (TPSA) is 51.6 Å². The standard InChI is InChI=1S/C22H25N3O/c1-15-11-16(2)14-25(13-15)18-9-7-17(8-10-18)23-12-20-19-5-3-4-6-21(19)24-22(20)26/h3-10,12,15-16,24,26H,11,13-14H2,1-2H3. The Labute approximate surface area is 154 Å². The van der Waals surface area contributed by atoms with Crippen LogP contribution in [-0.4, -0.2) is 29.4 Å². The summed E-state index contributed by atoms with van der Waals surface area (Å²) in [6, 6.07) is 16.2. The Morgan fingerprint density at radius 1 is 1.04 bits per heavy atom. The van der Waals surface area contributed by atoms with Crippen LogP contribution in [0.4, 0.5) is 11.4 Å². The zero-order valence-corrected chi connectivity index (χ0v) is 15.3. The number of hydrogen-bond donors (Lipinski definition) is 2. The lowest BCUT2D eigenvalue weighted by atomic mass is 9.91. The van der Waals surface area contributed by atoms with E-state index in [9.17, 15) is 5.11 Å². The molecule has 2 atom stereocenters. The highest BCUT2D eigenvalue weighted by Crippen LogP contribution is 2.29. The summed E-state index contributed by atoms with van der Waals surface area (Å²) < 4.78 is 0. The second kappa shape index (κ2) is 6.87. The zero-order valence-electron chi connectivity index (χ0n) is 15.3. The molecule has 1 saturated heterocycles. The van der Waals surface area contributed by atoms with E-state index in [1.807, 2.05) is 36.4 Å². The highest BCUT2D eigenvalue weighted by molar-refractivity contribution is 6.02. The number of para-hydroxylation sites is 1. The fourth-order valence-corrected chi connectivity index (χ4v) is 4.04. The molecule has 0 spiro atoms. The molecule has 0 bridgehead atoms. The second-order valence-electron chi connectivity index (χ2n) is 7.56. The quantitative estimate of drug-likeness (QED) is 0.647. The monoisotopic (exact) mass is 347 g/mol. The van der Waals surface area contributed by atoms with Crippen molar-refractivity contribution in [2.24, 2.45) is 16.8 Å². The minimum absolute atomic E-state index is 0.155. The number of aromatic nitrogens is 1. The van der Waals surface area contributed by atoms with Gasteiger partial charge in [0.25, 0.3) is 0 Å². The number of aromatic hydroxyl groups is 1. The maximum atomic E-state index is 10.1. The first kappa shape index (κ1) is 16.7. The van der Waals surface area contributed by atoms with Gasteiger partial charge in [-0.05, 0) is 48.6 Å². The summed E-state index contributed by atoms with van der Waals surface area (Å²) in [5.74, 6) is 1.63. The molecule has 0 aliphatic carbocycles. The molecule has 4 rings (SSSR count). The third kappa shape index (κ3) is 3.32. The highest BCUT2D eigenvalue weighted by atomic mass is 16.3. The van der Waals surface area contributed by atoms with Crippen LogP contribution in [0.1, 0.15) is 25.8 Å². The summed E-state index contributed by atoms with van der Waals surface area (Å²) in [6.45, 7) is 6.90. The van der Waals surface area contributed by atoms with E-state index in [0.717, 1.165) is 47.1 Å². The number of H-pyrrole nitrogens is 1. The largest absolute Gasteiger partial charge is 0.494 e. The normalized spacial score (nSPS) is 20.9. The van der Waals surface area contributed by atoms with Crippen molar-refractivity contribution in [1.82, 2.24) is 4.98 Å². The number of piperidine rings is 1. The van der Waals surface area contributed by atoms with Gasteiger partial charge in [-0.2, -0.15) is 0 Å². The molecule has 2 aromatic carbocycles. The van der Waals surface area contributed by atoms with Gasteiger partial charge >= 0.3 is 0 Å². The van der Waals surface area contributed by atoms with Crippen LogP contribution in [-0.2, 0) is 0 Å². The number of rotatable bonds is 3. The smallest absolute Gasteiger partial charge is 0.198 e. The van der Waals surface area contributed by atoms with E-state index in [1.165, 1.54) is 12.1 Å². The number of fused-ring (bicyclic) bond motifs is 1. The number of aromatic amines is 1. The number of aliphatic imine (C=N–C) groups is 1. The average Bonchev–Trinajstić information content (AvgIpc) is 2.95. The van der Waals surface area contributed by atoms with Crippen LogP contribution < -0.4 is 4.90 Å². The molecule has 1 aliphatic rings. The van der Waals surface area contributed by atoms with E-state index in [1.54, 1.807) is 6.21 Å². The van der Waals surface area contributed by atoms with Crippen LogP contribution in [0.15, 0.2) is 53.5 Å². The maximum Gasteiger partial charge on any atom is 0.198 e. The number of nitrogens with one attached hydrogen (secondary N) is 1. The molecule has 2 unspecified atom stereocenters. The van der Waals surface area contributed by atoms with Crippen molar-refractivity contribution < 1.29 is 5.11 Å². The summed E-state index contributed by atoms with van der Waals surface area (Å²) in [5, 5.41) is 11.1. The van der Waals surface area contributed by atoms with Crippen molar-refractivity contribution in [3.05, 3.63) is 54.1 Å². The summed E-state index contributed by atoms with van der Waals surface area (Å²) in [6.07, 6.45) is 3.04. The summed E-state index contributed by atoms with van der Waals surface area (Å²) in [7, 11) is 0. The molecule has 1 aromatic heterocycles. The lowest BCUT2D eigenvalue weighted by molar-refractivity contribution is 0.357. The van der Waals surface area contributed by atoms with Gasteiger partial charge in [0.1, 0.15) is 0 Å². The van der Waals surface area contributed by atoms with Crippen LogP contribution in [0, 0.1) is 11.8 Å². The first-order valence-corrected chi connectivity index (χ1v) is 9.29. The van der Waals surface area contributed by atoms with E-state index >= 15 is 0 Å². The van der Waals surface area contributed by atoms with E-state index in [2.05, 4.69) is 40.9 Å². The van der Waals surface area contributed by atoms with Gasteiger partial charge in [-0.25, -0.2) is 0 Å². The average molecular weight is 347 g/mol. The van der Waals surface area contributed by atoms with Gasteiger partial charge in [0.05, 0.1) is 11.3 Å². The van der Waals surface area contributed by atoms with Crippen LogP contribution >= 0.6 is 0 Å². The molecule has 26 heavy (non-hydrogen) atoms. The van der Waals surface area contributed by atoms with Gasteiger partial charge in [-0.3, -0.25) is 4.99 Å². The summed E-state index contributed by atoms with van der Waals surface area (Å²) >= 11 is 0. The fraction of sp³-hybridized carbons (Fsp3) is 0.318. The van der Waals surface area contributed by atoms with Crippen LogP contribution in [0.2, 0.25) is 0 Å². The van der Waals surface area contributed by atoms with Gasteiger partial charge in [-0.1, -0.05) is 32.0 Å². The first-order chi connectivity index (χ1) is 12.6. The Morgan fingerprint density at radius 2 is 1.73 bits per heavy atom. The Hall–Kier alpha value is -2.75. The second-order valence-corrected chi connectivity index (χ2v) is 7.56. The van der Waals surface area contributed by atoms with Gasteiger partial charge in [-0.15, -0.1) is 0 Å². The lowest BCUT2D eigenvalue weighted by Crippen LogP contribution is -2.38. The number of nitrogens with zero attached hydrogens (tertiary/aromatic N) is 2. The number of benzene rings is 2. The van der Waals surface area contributed by atoms with Crippen LogP contribution in [0.5, 0.6) is 5.88 Å². The van der Waals surface area contributed by atoms with Crippen molar-refractivity contribution in [3.63, 3.8) is 0 Å². The van der Waals surface area contributed by atoms with E-state index in [4.69, 9.17) is 0 Å². The molecule has 4 heteroatoms. The predicted molar refractivity (Wildman–Crippen MR) is 109 cm³/mol. The third-order valence-electron chi connectivity index (χ3n) is 5.15. The van der Waals surface area contributed by atoms with Crippen molar-refractivity contribution in [3.8, 4) is 5.88 Å². The summed E-state index contributed by atoms with van der Waals surface area (Å²) in [5.41, 5.74) is 3.78. The minimum Gasteiger partial charge on any atom is -0.494 e. The third-order valence-corrected chi connectivity index (χ3v) is 5.15. The van der Waals surface area contributed by atoms with Gasteiger partial charge in [0.2, 0.25) is 0 Å². The van der Waals surface area contributed by atoms with Crippen molar-refractivity contribution in [2.45, 2.75) is 20.3 Å². The van der Waals surface area contributed by atoms with Crippen molar-refractivity contribution in [2.75, 3.05) is 18.0 Å². The molecule has 2 heterocycles. The molecule has 0 radical (unpaired) electrons. The first-order valence-electron chi connectivity index (χ1n) is 9.29. The SMILES string of the molecule is CC1CC(C)CN(c2ccc(N=Cc3c(O)[nH]c4ccccc34)cc2)C1.